The maximum absolute atomic E-state index is 13.4. The Morgan fingerprint density at radius 1 is 1.16 bits per heavy atom. The molecule has 0 bridgehead atoms. The van der Waals surface area contributed by atoms with Gasteiger partial charge in [-0.25, -0.2) is 0 Å². The predicted molar refractivity (Wildman–Crippen MR) is 122 cm³/mol. The number of hydrogen-bond donors (Lipinski definition) is 3. The van der Waals surface area contributed by atoms with E-state index in [1.807, 2.05) is 6.07 Å². The lowest BCUT2D eigenvalue weighted by molar-refractivity contribution is -0.0907. The van der Waals surface area contributed by atoms with Crippen molar-refractivity contribution in [1.29, 1.82) is 0 Å². The van der Waals surface area contributed by atoms with Gasteiger partial charge in [-0.05, 0) is 70.0 Å². The summed E-state index contributed by atoms with van der Waals surface area (Å²) in [7, 11) is 0. The number of nitrogens with zero attached hydrogens (tertiary/aromatic N) is 2. The fraction of sp³-hybridized carbons (Fsp3) is 0.417. The van der Waals surface area contributed by atoms with Crippen LogP contribution in [0.3, 0.4) is 0 Å². The van der Waals surface area contributed by atoms with Gasteiger partial charge in [-0.3, -0.25) is 9.97 Å². The van der Waals surface area contributed by atoms with E-state index in [1.54, 1.807) is 45.3 Å². The van der Waals surface area contributed by atoms with Crippen LogP contribution in [0.2, 0.25) is 0 Å². The number of halogens is 3. The second-order valence-corrected chi connectivity index (χ2v) is 7.50. The van der Waals surface area contributed by atoms with E-state index in [0.29, 0.717) is 17.5 Å². The van der Waals surface area contributed by atoms with E-state index in [0.717, 1.165) is 17.2 Å². The van der Waals surface area contributed by atoms with Gasteiger partial charge in [0.2, 0.25) is 0 Å². The Balaban J connectivity index is 0.000000636. The molecule has 5 nitrogen and oxygen atoms in total. The molecule has 0 saturated carbocycles. The summed E-state index contributed by atoms with van der Waals surface area (Å²) in [4.78, 5) is 8.38. The van der Waals surface area contributed by atoms with E-state index in [1.165, 1.54) is 32.0 Å². The number of alkyl halides is 3. The molecule has 174 valence electrons. The molecule has 1 aliphatic heterocycles. The quantitative estimate of drug-likeness (QED) is 0.389. The molecular formula is C24H31F3N4O. The molecule has 0 atom stereocenters. The lowest BCUT2D eigenvalue weighted by Gasteiger charge is -2.16. The van der Waals surface area contributed by atoms with Gasteiger partial charge in [0.15, 0.2) is 5.76 Å². The minimum absolute atomic E-state index is 0.0155. The lowest BCUT2D eigenvalue weighted by Crippen LogP contribution is -2.20. The van der Waals surface area contributed by atoms with E-state index in [2.05, 4.69) is 20.6 Å². The first kappa shape index (κ1) is 25.4. The standard InChI is InChI=1S/C20H22F3N3O.C4H9N/c1-4-13(3)10-15(20(21,22)23)19(27)16(5-2)26-12-14-6-7-17-18(11-14)25-9-8-24-17;1-2-4-5-3-1/h5-11,26-27H,4,12H2,1-3H3;5H,1-4H2/b13-10+,16-5+,19-15-;. The maximum Gasteiger partial charge on any atom is 0.420 e. The topological polar surface area (TPSA) is 70.1 Å². The Morgan fingerprint density at radius 3 is 2.34 bits per heavy atom. The number of nitrogens with one attached hydrogen (secondary N) is 2. The highest BCUT2D eigenvalue weighted by Crippen LogP contribution is 2.31. The molecular weight excluding hydrogens is 417 g/mol. The average Bonchev–Trinajstić information content (AvgIpc) is 3.37. The third-order valence-corrected chi connectivity index (χ3v) is 5.03. The zero-order valence-corrected chi connectivity index (χ0v) is 18.8. The van der Waals surface area contributed by atoms with Crippen LogP contribution in [0.5, 0.6) is 0 Å². The predicted octanol–water partition coefficient (Wildman–Crippen LogP) is 5.72. The van der Waals surface area contributed by atoms with E-state index in [-0.39, 0.29) is 12.2 Å². The van der Waals surface area contributed by atoms with Crippen LogP contribution in [0.1, 0.15) is 45.6 Å². The fourth-order valence-corrected chi connectivity index (χ4v) is 3.04. The molecule has 0 unspecified atom stereocenters. The number of allylic oxidation sites excluding steroid dienone is 4. The monoisotopic (exact) mass is 448 g/mol. The van der Waals surface area contributed by atoms with E-state index >= 15 is 0 Å². The maximum atomic E-state index is 13.4. The van der Waals surface area contributed by atoms with Crippen molar-refractivity contribution in [3.63, 3.8) is 0 Å². The summed E-state index contributed by atoms with van der Waals surface area (Å²) in [6.07, 6.45) is 4.14. The van der Waals surface area contributed by atoms with Crippen molar-refractivity contribution in [2.45, 2.75) is 52.8 Å². The number of aliphatic hydroxyl groups excluding tert-OH is 1. The molecule has 1 aromatic carbocycles. The first-order chi connectivity index (χ1) is 15.3. The molecule has 1 aromatic heterocycles. The van der Waals surface area contributed by atoms with Crippen molar-refractivity contribution in [3.05, 3.63) is 70.9 Å². The van der Waals surface area contributed by atoms with Crippen LogP contribution in [0.15, 0.2) is 65.3 Å². The van der Waals surface area contributed by atoms with Crippen molar-refractivity contribution in [2.75, 3.05) is 13.1 Å². The smallest absolute Gasteiger partial charge is 0.420 e. The highest BCUT2D eigenvalue weighted by Gasteiger charge is 2.36. The Morgan fingerprint density at radius 2 is 1.81 bits per heavy atom. The molecule has 0 spiro atoms. The molecule has 0 radical (unpaired) electrons. The molecule has 1 saturated heterocycles. The molecule has 3 N–H and O–H groups in total. The highest BCUT2D eigenvalue weighted by molar-refractivity contribution is 5.74. The second-order valence-electron chi connectivity index (χ2n) is 7.50. The third kappa shape index (κ3) is 7.67. The molecule has 1 fully saturated rings. The van der Waals surface area contributed by atoms with Crippen LogP contribution in [-0.2, 0) is 6.54 Å². The molecule has 32 heavy (non-hydrogen) atoms. The van der Waals surface area contributed by atoms with Crippen molar-refractivity contribution in [1.82, 2.24) is 20.6 Å². The number of rotatable bonds is 6. The molecule has 8 heteroatoms. The zero-order chi connectivity index (χ0) is 23.6. The number of aromatic nitrogens is 2. The summed E-state index contributed by atoms with van der Waals surface area (Å²) in [5, 5.41) is 16.4. The van der Waals surface area contributed by atoms with Crippen LogP contribution in [0.4, 0.5) is 13.2 Å². The Hall–Kier alpha value is -2.87. The molecule has 1 aliphatic rings. The van der Waals surface area contributed by atoms with Gasteiger partial charge in [-0.15, -0.1) is 0 Å². The van der Waals surface area contributed by atoms with Crippen LogP contribution in [0.25, 0.3) is 11.0 Å². The van der Waals surface area contributed by atoms with Gasteiger partial charge in [0.05, 0.1) is 22.3 Å². The Bertz CT molecular complexity index is 969. The average molecular weight is 449 g/mol. The molecule has 3 rings (SSSR count). The number of hydrogen-bond acceptors (Lipinski definition) is 5. The van der Waals surface area contributed by atoms with Gasteiger partial charge in [0.1, 0.15) is 0 Å². The fourth-order valence-electron chi connectivity index (χ4n) is 3.04. The summed E-state index contributed by atoms with van der Waals surface area (Å²) >= 11 is 0. The minimum atomic E-state index is -4.66. The van der Waals surface area contributed by atoms with Gasteiger partial charge in [0, 0.05) is 18.9 Å². The summed E-state index contributed by atoms with van der Waals surface area (Å²) in [5.74, 6) is -0.821. The summed E-state index contributed by atoms with van der Waals surface area (Å²) in [6.45, 7) is 7.65. The van der Waals surface area contributed by atoms with Crippen LogP contribution < -0.4 is 10.6 Å². The number of fused-ring (bicyclic) bond motifs is 1. The van der Waals surface area contributed by atoms with Gasteiger partial charge in [-0.1, -0.05) is 24.6 Å². The van der Waals surface area contributed by atoms with E-state index < -0.39 is 17.5 Å². The molecule has 0 aliphatic carbocycles. The van der Waals surface area contributed by atoms with E-state index in [9.17, 15) is 18.3 Å². The van der Waals surface area contributed by atoms with Gasteiger partial charge < -0.3 is 15.7 Å². The Labute approximate surface area is 187 Å². The van der Waals surface area contributed by atoms with Crippen LogP contribution >= 0.6 is 0 Å². The minimum Gasteiger partial charge on any atom is -0.505 e. The summed E-state index contributed by atoms with van der Waals surface area (Å²) in [6, 6.07) is 5.40. The lowest BCUT2D eigenvalue weighted by atomic mass is 10.1. The van der Waals surface area contributed by atoms with Gasteiger partial charge in [0.25, 0.3) is 0 Å². The number of aliphatic hydroxyl groups is 1. The Kier molecular flexibility index (Phi) is 9.71. The largest absolute Gasteiger partial charge is 0.505 e. The van der Waals surface area contributed by atoms with Crippen molar-refractivity contribution in [3.8, 4) is 0 Å². The first-order valence-electron chi connectivity index (χ1n) is 10.7. The van der Waals surface area contributed by atoms with Gasteiger partial charge >= 0.3 is 6.18 Å². The second kappa shape index (κ2) is 12.2. The molecule has 0 amide bonds. The zero-order valence-electron chi connectivity index (χ0n) is 18.8. The molecule has 2 heterocycles. The normalized spacial score (nSPS) is 15.8. The van der Waals surface area contributed by atoms with Crippen molar-refractivity contribution in [2.24, 2.45) is 0 Å². The highest BCUT2D eigenvalue weighted by atomic mass is 19.4. The van der Waals surface area contributed by atoms with Crippen molar-refractivity contribution >= 4 is 11.0 Å². The SMILES string of the molecule is C1CCNC1.C\C=C(NCc1ccc2nccnc2c1)/C(O)=C(\C=C(/C)CC)C(F)(F)F. The van der Waals surface area contributed by atoms with Crippen LogP contribution in [0, 0.1) is 0 Å². The third-order valence-electron chi connectivity index (χ3n) is 5.03. The van der Waals surface area contributed by atoms with E-state index in [4.69, 9.17) is 0 Å². The molecule has 2 aromatic rings. The van der Waals surface area contributed by atoms with Crippen LogP contribution in [-0.4, -0.2) is 34.3 Å². The summed E-state index contributed by atoms with van der Waals surface area (Å²) < 4.78 is 40.1. The first-order valence-corrected chi connectivity index (χ1v) is 10.7. The van der Waals surface area contributed by atoms with Gasteiger partial charge in [-0.2, -0.15) is 13.2 Å². The summed E-state index contributed by atoms with van der Waals surface area (Å²) in [5.41, 5.74) is 1.71. The number of benzene rings is 1. The van der Waals surface area contributed by atoms with Crippen molar-refractivity contribution < 1.29 is 18.3 Å².